The number of benzene rings is 4. The number of rotatable bonds is 17. The van der Waals surface area contributed by atoms with E-state index in [1.54, 1.807) is 18.2 Å². The molecule has 0 bridgehead atoms. The van der Waals surface area contributed by atoms with Crippen molar-refractivity contribution in [2.75, 3.05) is 0 Å². The van der Waals surface area contributed by atoms with Crippen LogP contribution >= 0.6 is 0 Å². The van der Waals surface area contributed by atoms with Gasteiger partial charge in [-0.15, -0.1) is 0 Å². The molecule has 12 nitrogen and oxygen atoms in total. The number of aliphatic hydroxyl groups excluding tert-OH is 1. The summed E-state index contributed by atoms with van der Waals surface area (Å²) in [5.74, 6) is -2.06. The molecule has 12 heteroatoms. The number of aliphatic hydroxyl groups is 1. The molecule has 0 radical (unpaired) electrons. The molecule has 0 aliphatic carbocycles. The summed E-state index contributed by atoms with van der Waals surface area (Å²) in [5.41, 5.74) is 2.73. The molecule has 0 aromatic heterocycles. The van der Waals surface area contributed by atoms with Gasteiger partial charge < -0.3 is 33.5 Å². The Morgan fingerprint density at radius 1 is 0.651 bits per heavy atom. The largest absolute Gasteiger partial charge is 0.461 e. The standard InChI is InChI=1S/C51H54O12/c1-5-9-11-29(7-3)21-33-27-51(62-43-25-35(15-19-37(33)43)58-45(52)31-13-17-39-41(23-31)49(56)60-47(39)54)28-34(22-30(8-4)12-10-6-2)38-20-16-36(26-44(38)63-51)59-46(53)32-14-18-40-42(24-32)50(57)61-48(40)55/h13-20,23-26,29-30,33-34,45,52H,5-12,21-22,27-28H2,1-4H3. The van der Waals surface area contributed by atoms with Gasteiger partial charge in [0.05, 0.1) is 27.8 Å². The van der Waals surface area contributed by atoms with Crippen molar-refractivity contribution in [2.24, 2.45) is 11.8 Å². The van der Waals surface area contributed by atoms with E-state index in [0.29, 0.717) is 41.9 Å². The topological polar surface area (TPSA) is 161 Å². The minimum atomic E-state index is -1.46. The zero-order valence-corrected chi connectivity index (χ0v) is 36.2. The first-order valence-electron chi connectivity index (χ1n) is 22.4. The third-order valence-electron chi connectivity index (χ3n) is 13.2. The lowest BCUT2D eigenvalue weighted by Crippen LogP contribution is -2.50. The van der Waals surface area contributed by atoms with Gasteiger partial charge in [0.2, 0.25) is 6.29 Å². The van der Waals surface area contributed by atoms with Gasteiger partial charge in [0.1, 0.15) is 23.0 Å². The van der Waals surface area contributed by atoms with Gasteiger partial charge in [0.15, 0.2) is 0 Å². The van der Waals surface area contributed by atoms with Crippen LogP contribution in [0.25, 0.3) is 0 Å². The summed E-state index contributed by atoms with van der Waals surface area (Å²) in [6, 6.07) is 19.6. The number of fused-ring (bicyclic) bond motifs is 4. The van der Waals surface area contributed by atoms with E-state index < -0.39 is 41.9 Å². The molecule has 0 saturated heterocycles. The second-order valence-corrected chi connectivity index (χ2v) is 17.4. The third kappa shape index (κ3) is 9.09. The Bertz CT molecular complexity index is 2440. The molecule has 63 heavy (non-hydrogen) atoms. The summed E-state index contributed by atoms with van der Waals surface area (Å²) >= 11 is 0. The van der Waals surface area contributed by atoms with E-state index in [1.807, 2.05) is 18.2 Å². The van der Waals surface area contributed by atoms with E-state index in [4.69, 9.17) is 28.4 Å². The first-order valence-corrected chi connectivity index (χ1v) is 22.4. The highest BCUT2D eigenvalue weighted by Crippen LogP contribution is 2.54. The molecule has 4 heterocycles. The van der Waals surface area contributed by atoms with E-state index in [-0.39, 0.29) is 51.0 Å². The van der Waals surface area contributed by atoms with Gasteiger partial charge >= 0.3 is 29.8 Å². The average molecular weight is 859 g/mol. The first-order chi connectivity index (χ1) is 30.4. The van der Waals surface area contributed by atoms with Crippen LogP contribution < -0.4 is 18.9 Å². The number of cyclic esters (lactones) is 4. The monoisotopic (exact) mass is 858 g/mol. The highest BCUT2D eigenvalue weighted by Gasteiger charge is 2.49. The van der Waals surface area contributed by atoms with Crippen LogP contribution in [0.1, 0.15) is 191 Å². The number of carbonyl (C=O) groups is 5. The van der Waals surface area contributed by atoms with E-state index in [9.17, 15) is 29.1 Å². The fourth-order valence-electron chi connectivity index (χ4n) is 9.68. The molecule has 6 unspecified atom stereocenters. The van der Waals surface area contributed by atoms with E-state index in [0.717, 1.165) is 75.3 Å². The predicted molar refractivity (Wildman–Crippen MR) is 230 cm³/mol. The van der Waals surface area contributed by atoms with Crippen LogP contribution in [0.15, 0.2) is 72.8 Å². The molecule has 0 fully saturated rings. The highest BCUT2D eigenvalue weighted by molar-refractivity contribution is 6.16. The lowest BCUT2D eigenvalue weighted by molar-refractivity contribution is -0.153. The molecule has 6 atom stereocenters. The van der Waals surface area contributed by atoms with Crippen molar-refractivity contribution in [3.05, 3.63) is 117 Å². The average Bonchev–Trinajstić information content (AvgIpc) is 3.73. The summed E-state index contributed by atoms with van der Waals surface area (Å²) < 4.78 is 35.5. The van der Waals surface area contributed by atoms with E-state index >= 15 is 0 Å². The van der Waals surface area contributed by atoms with Gasteiger partial charge in [-0.05, 0) is 90.1 Å². The van der Waals surface area contributed by atoms with Gasteiger partial charge in [-0.1, -0.05) is 97.3 Å². The van der Waals surface area contributed by atoms with Crippen molar-refractivity contribution in [3.8, 4) is 23.0 Å². The van der Waals surface area contributed by atoms with Gasteiger partial charge in [0.25, 0.3) is 5.79 Å². The van der Waals surface area contributed by atoms with Crippen LogP contribution in [0.4, 0.5) is 0 Å². The molecule has 1 spiro atoms. The lowest BCUT2D eigenvalue weighted by Gasteiger charge is -2.47. The lowest BCUT2D eigenvalue weighted by atomic mass is 9.74. The molecule has 4 aromatic rings. The number of hydrogen-bond acceptors (Lipinski definition) is 12. The van der Waals surface area contributed by atoms with Gasteiger partial charge in [-0.25, -0.2) is 24.0 Å². The zero-order chi connectivity index (χ0) is 44.4. The summed E-state index contributed by atoms with van der Waals surface area (Å²) in [5, 5.41) is 11.2. The minimum absolute atomic E-state index is 0.0152. The van der Waals surface area contributed by atoms with Crippen molar-refractivity contribution >= 4 is 29.8 Å². The fourth-order valence-corrected chi connectivity index (χ4v) is 9.68. The Hall–Kier alpha value is -6.01. The summed E-state index contributed by atoms with van der Waals surface area (Å²) in [4.78, 5) is 62.0. The predicted octanol–water partition coefficient (Wildman–Crippen LogP) is 10.9. The molecule has 330 valence electrons. The number of ether oxygens (including phenoxy) is 6. The van der Waals surface area contributed by atoms with Crippen molar-refractivity contribution in [1.29, 1.82) is 0 Å². The Labute approximate surface area is 367 Å². The minimum Gasteiger partial charge on any atom is -0.461 e. The molecule has 4 aliphatic rings. The summed E-state index contributed by atoms with van der Waals surface area (Å²) in [7, 11) is 0. The maximum absolute atomic E-state index is 13.5. The number of hydrogen-bond donors (Lipinski definition) is 1. The van der Waals surface area contributed by atoms with Crippen LogP contribution in [-0.4, -0.2) is 40.7 Å². The highest BCUT2D eigenvalue weighted by atomic mass is 16.7. The Balaban J connectivity index is 1.12. The maximum Gasteiger partial charge on any atom is 0.346 e. The second kappa shape index (κ2) is 18.4. The quantitative estimate of drug-likeness (QED) is 0.0464. The Morgan fingerprint density at radius 2 is 1.16 bits per heavy atom. The Morgan fingerprint density at radius 3 is 1.71 bits per heavy atom. The number of unbranched alkanes of at least 4 members (excludes halogenated alkanes) is 2. The van der Waals surface area contributed by atoms with Crippen molar-refractivity contribution in [3.63, 3.8) is 0 Å². The number of carbonyl (C=O) groups excluding carboxylic acids is 5. The number of esters is 5. The van der Waals surface area contributed by atoms with Gasteiger partial charge in [-0.3, -0.25) is 0 Å². The molecular weight excluding hydrogens is 805 g/mol. The second-order valence-electron chi connectivity index (χ2n) is 17.4. The maximum atomic E-state index is 13.5. The molecular formula is C51H54O12. The first kappa shape index (κ1) is 43.6. The van der Waals surface area contributed by atoms with E-state index in [2.05, 4.69) is 27.7 Å². The molecule has 8 rings (SSSR count). The van der Waals surface area contributed by atoms with Gasteiger partial charge in [0, 0.05) is 30.5 Å². The van der Waals surface area contributed by atoms with Crippen LogP contribution in [0.3, 0.4) is 0 Å². The smallest absolute Gasteiger partial charge is 0.346 e. The SMILES string of the molecule is CCCCC(CC)CC1CC2(CC(CC(CC)CCCC)c3ccc(OC(O)c4ccc5c(c4)C(=O)OC5=O)cc3O2)Oc2cc(OC(=O)c3ccc4c(c3)C(=O)OC4=O)ccc21. The van der Waals surface area contributed by atoms with Gasteiger partial charge in [-0.2, -0.15) is 0 Å². The van der Waals surface area contributed by atoms with Crippen molar-refractivity contribution in [1.82, 2.24) is 0 Å². The van der Waals surface area contributed by atoms with Crippen LogP contribution in [0.2, 0.25) is 0 Å². The normalized spacial score (nSPS) is 20.9. The van der Waals surface area contributed by atoms with Crippen molar-refractivity contribution < 1.29 is 57.5 Å². The van der Waals surface area contributed by atoms with E-state index in [1.165, 1.54) is 36.4 Å². The summed E-state index contributed by atoms with van der Waals surface area (Å²) in [6.07, 6.45) is 10.3. The van der Waals surface area contributed by atoms with Crippen molar-refractivity contribution in [2.45, 2.75) is 129 Å². The molecule has 4 aromatic carbocycles. The van der Waals surface area contributed by atoms with Crippen LogP contribution in [0, 0.1) is 11.8 Å². The molecule has 4 aliphatic heterocycles. The molecule has 0 saturated carbocycles. The summed E-state index contributed by atoms with van der Waals surface area (Å²) in [6.45, 7) is 8.90. The molecule has 0 amide bonds. The fraction of sp³-hybridized carbons (Fsp3) is 0.431. The zero-order valence-electron chi connectivity index (χ0n) is 36.2. The molecule has 1 N–H and O–H groups in total. The van der Waals surface area contributed by atoms with Crippen LogP contribution in [0.5, 0.6) is 23.0 Å². The third-order valence-corrected chi connectivity index (χ3v) is 13.2. The Kier molecular flexibility index (Phi) is 12.7. The van der Waals surface area contributed by atoms with Crippen LogP contribution in [-0.2, 0) is 9.47 Å².